The molecule has 6 rings (SSSR count). The number of fused-ring (bicyclic) bond motifs is 5. The molecule has 2 amide bonds. The van der Waals surface area contributed by atoms with Gasteiger partial charge in [-0.2, -0.15) is 0 Å². The van der Waals surface area contributed by atoms with Gasteiger partial charge in [-0.15, -0.1) is 0 Å². The first-order chi connectivity index (χ1) is 22.6. The molecule has 6 unspecified atom stereocenters. The van der Waals surface area contributed by atoms with E-state index in [2.05, 4.69) is 12.2 Å². The number of carbonyl (C=O) groups is 2. The van der Waals surface area contributed by atoms with Crippen LogP contribution in [-0.2, 0) is 17.8 Å². The summed E-state index contributed by atoms with van der Waals surface area (Å²) in [6.45, 7) is 4.75. The van der Waals surface area contributed by atoms with Crippen molar-refractivity contribution >= 4 is 17.5 Å². The monoisotopic (exact) mass is 640 g/mol. The number of halogens is 1. The summed E-state index contributed by atoms with van der Waals surface area (Å²) in [5.41, 5.74) is 4.12. The van der Waals surface area contributed by atoms with Crippen molar-refractivity contribution in [1.82, 2.24) is 4.90 Å². The quantitative estimate of drug-likeness (QED) is 0.185. The van der Waals surface area contributed by atoms with Gasteiger partial charge in [-0.05, 0) is 115 Å². The van der Waals surface area contributed by atoms with Crippen LogP contribution in [0.25, 0.3) is 0 Å². The van der Waals surface area contributed by atoms with E-state index in [1.165, 1.54) is 6.92 Å². The lowest BCUT2D eigenvalue weighted by Crippen LogP contribution is -2.51. The maximum absolute atomic E-state index is 16.1. The van der Waals surface area contributed by atoms with Gasteiger partial charge in [0.2, 0.25) is 5.91 Å². The number of alkyl halides is 1. The largest absolute Gasteiger partial charge is 0.508 e. The average Bonchev–Trinajstić information content (AvgIpc) is 3.34. The van der Waals surface area contributed by atoms with E-state index in [0.29, 0.717) is 42.6 Å². The van der Waals surface area contributed by atoms with E-state index >= 15 is 4.39 Å². The van der Waals surface area contributed by atoms with Crippen molar-refractivity contribution in [3.63, 3.8) is 0 Å². The van der Waals surface area contributed by atoms with Crippen molar-refractivity contribution in [3.05, 3.63) is 95.1 Å². The SMILES string of the molecule is CC(=O)Nc1ccc(C(=O)N(CCCCCCC2Cc3cc(O)ccc3C3C(F)C[C@]4(C)C(O)CCC4C23)Cc2ccccc2)cc1. The van der Waals surface area contributed by atoms with E-state index < -0.39 is 12.3 Å². The van der Waals surface area contributed by atoms with E-state index in [0.717, 1.165) is 68.1 Å². The average molecular weight is 641 g/mol. The maximum Gasteiger partial charge on any atom is 0.254 e. The topological polar surface area (TPSA) is 89.9 Å². The van der Waals surface area contributed by atoms with Crippen LogP contribution in [0, 0.1) is 23.2 Å². The number of nitrogens with one attached hydrogen (secondary N) is 1. The Labute approximate surface area is 278 Å². The number of nitrogens with zero attached hydrogens (tertiary/aromatic N) is 1. The Hall–Kier alpha value is -3.71. The molecule has 0 saturated heterocycles. The molecule has 0 bridgehead atoms. The maximum atomic E-state index is 16.1. The first-order valence-electron chi connectivity index (χ1n) is 17.5. The zero-order valence-corrected chi connectivity index (χ0v) is 27.7. The van der Waals surface area contributed by atoms with Gasteiger partial charge >= 0.3 is 0 Å². The van der Waals surface area contributed by atoms with Gasteiger partial charge in [0.1, 0.15) is 11.9 Å². The molecule has 3 N–H and O–H groups in total. The fraction of sp³-hybridized carbons (Fsp3) is 0.500. The second kappa shape index (κ2) is 14.2. The summed E-state index contributed by atoms with van der Waals surface area (Å²) in [6, 6.07) is 22.6. The van der Waals surface area contributed by atoms with Gasteiger partial charge in [-0.25, -0.2) is 4.39 Å². The third-order valence-corrected chi connectivity index (χ3v) is 11.5. The molecule has 7 heteroatoms. The normalized spacial score (nSPS) is 27.7. The van der Waals surface area contributed by atoms with E-state index in [9.17, 15) is 19.8 Å². The van der Waals surface area contributed by atoms with Crippen molar-refractivity contribution in [3.8, 4) is 5.75 Å². The molecule has 47 heavy (non-hydrogen) atoms. The Morgan fingerprint density at radius 1 is 0.979 bits per heavy atom. The summed E-state index contributed by atoms with van der Waals surface area (Å²) < 4.78 is 16.1. The van der Waals surface area contributed by atoms with Crippen molar-refractivity contribution in [2.45, 2.75) is 96.4 Å². The van der Waals surface area contributed by atoms with Crippen LogP contribution in [0.2, 0.25) is 0 Å². The van der Waals surface area contributed by atoms with Gasteiger partial charge in [0.05, 0.1) is 6.10 Å². The van der Waals surface area contributed by atoms with Crippen molar-refractivity contribution in [2.24, 2.45) is 23.2 Å². The number of anilines is 1. The number of amides is 2. The molecule has 3 aliphatic rings. The van der Waals surface area contributed by atoms with Crippen LogP contribution < -0.4 is 5.32 Å². The van der Waals surface area contributed by atoms with Gasteiger partial charge in [-0.1, -0.05) is 62.6 Å². The number of aliphatic hydroxyl groups is 1. The van der Waals surface area contributed by atoms with Crippen LogP contribution in [0.15, 0.2) is 72.8 Å². The molecule has 7 atom stereocenters. The summed E-state index contributed by atoms with van der Waals surface area (Å²) >= 11 is 0. The summed E-state index contributed by atoms with van der Waals surface area (Å²) in [7, 11) is 0. The number of hydrogen-bond acceptors (Lipinski definition) is 4. The van der Waals surface area contributed by atoms with E-state index in [-0.39, 0.29) is 34.8 Å². The molecule has 3 aromatic carbocycles. The van der Waals surface area contributed by atoms with Gasteiger partial charge in [0.25, 0.3) is 5.91 Å². The Kier molecular flexibility index (Phi) is 10.0. The molecular formula is C40H49FN2O4. The number of aromatic hydroxyl groups is 1. The van der Waals surface area contributed by atoms with Crippen LogP contribution in [-0.4, -0.2) is 45.7 Å². The smallest absolute Gasteiger partial charge is 0.254 e. The van der Waals surface area contributed by atoms with E-state index in [4.69, 9.17) is 0 Å². The minimum absolute atomic E-state index is 0.0294. The van der Waals surface area contributed by atoms with Gasteiger partial charge < -0.3 is 20.4 Å². The molecule has 0 spiro atoms. The lowest BCUT2D eigenvalue weighted by atomic mass is 9.51. The minimum Gasteiger partial charge on any atom is -0.508 e. The Balaban J connectivity index is 1.09. The number of phenols is 1. The van der Waals surface area contributed by atoms with E-state index in [1.54, 1.807) is 30.3 Å². The number of hydrogen-bond donors (Lipinski definition) is 3. The van der Waals surface area contributed by atoms with Gasteiger partial charge in [-0.3, -0.25) is 9.59 Å². The summed E-state index contributed by atoms with van der Waals surface area (Å²) in [6.07, 6.45) is 6.47. The zero-order chi connectivity index (χ0) is 33.1. The molecular weight excluding hydrogens is 591 g/mol. The number of benzene rings is 3. The fourth-order valence-electron chi connectivity index (χ4n) is 9.23. The molecule has 6 nitrogen and oxygen atoms in total. The predicted octanol–water partition coefficient (Wildman–Crippen LogP) is 8.03. The third-order valence-electron chi connectivity index (χ3n) is 11.5. The van der Waals surface area contributed by atoms with Crippen LogP contribution in [0.1, 0.15) is 98.2 Å². The molecule has 0 aromatic heterocycles. The number of rotatable bonds is 11. The van der Waals surface area contributed by atoms with Crippen molar-refractivity contribution in [2.75, 3.05) is 11.9 Å². The van der Waals surface area contributed by atoms with Crippen molar-refractivity contribution < 1.29 is 24.2 Å². The molecule has 2 fully saturated rings. The Morgan fingerprint density at radius 2 is 1.72 bits per heavy atom. The van der Waals surface area contributed by atoms with Crippen LogP contribution in [0.5, 0.6) is 5.75 Å². The molecule has 3 aliphatic carbocycles. The second-order valence-corrected chi connectivity index (χ2v) is 14.5. The standard InChI is InChI=1S/C40H49FN2O4/c1-26(44)42-31-15-13-28(14-16-31)39(47)43(25-27-10-6-5-7-11-27)21-9-4-3-8-12-29-22-30-23-32(45)17-18-33(30)38-35(41)24-40(2)34(37(29)38)19-20-36(40)46/h5-7,10-11,13-18,23,29,34-38,45-46H,3-4,8-9,12,19-22,24-25H2,1-2H3,(H,42,44)/t29?,34?,35?,36?,37?,38?,40-/m0/s1. The number of aliphatic hydroxyl groups excluding tert-OH is 1. The highest BCUT2D eigenvalue weighted by Gasteiger charge is 2.59. The third kappa shape index (κ3) is 7.11. The molecule has 250 valence electrons. The molecule has 2 saturated carbocycles. The number of carbonyl (C=O) groups excluding carboxylic acids is 2. The van der Waals surface area contributed by atoms with Crippen LogP contribution in [0.3, 0.4) is 0 Å². The molecule has 0 aliphatic heterocycles. The summed E-state index contributed by atoms with van der Waals surface area (Å²) in [5.74, 6) is 0.727. The van der Waals surface area contributed by atoms with Crippen molar-refractivity contribution in [1.29, 1.82) is 0 Å². The predicted molar refractivity (Wildman–Crippen MR) is 183 cm³/mol. The summed E-state index contributed by atoms with van der Waals surface area (Å²) in [5, 5.41) is 23.9. The van der Waals surface area contributed by atoms with Crippen LogP contribution >= 0.6 is 0 Å². The highest BCUT2D eigenvalue weighted by atomic mass is 19.1. The minimum atomic E-state index is -0.991. The first kappa shape index (κ1) is 33.2. The lowest BCUT2D eigenvalue weighted by molar-refractivity contribution is -0.114. The highest BCUT2D eigenvalue weighted by molar-refractivity contribution is 5.95. The highest BCUT2D eigenvalue weighted by Crippen LogP contribution is 2.63. The number of unbranched alkanes of at least 4 members (excludes halogenated alkanes) is 3. The lowest BCUT2D eigenvalue weighted by Gasteiger charge is -2.54. The van der Waals surface area contributed by atoms with E-state index in [1.807, 2.05) is 47.4 Å². The van der Waals surface area contributed by atoms with Gasteiger partial charge in [0.15, 0.2) is 0 Å². The molecule has 3 aromatic rings. The Morgan fingerprint density at radius 3 is 2.47 bits per heavy atom. The fourth-order valence-corrected chi connectivity index (χ4v) is 9.23. The number of phenolic OH excluding ortho intramolecular Hbond substituents is 1. The zero-order valence-electron chi connectivity index (χ0n) is 27.7. The summed E-state index contributed by atoms with van der Waals surface area (Å²) in [4.78, 5) is 26.9. The van der Waals surface area contributed by atoms with Gasteiger partial charge in [0, 0.05) is 37.2 Å². The first-order valence-corrected chi connectivity index (χ1v) is 17.5. The second-order valence-electron chi connectivity index (χ2n) is 14.5. The Bertz CT molecular complexity index is 1550. The van der Waals surface area contributed by atoms with Crippen LogP contribution in [0.4, 0.5) is 10.1 Å². The molecule has 0 heterocycles. The molecule has 0 radical (unpaired) electrons.